The van der Waals surface area contributed by atoms with Gasteiger partial charge < -0.3 is 14.7 Å². The number of amides is 1. The zero-order valence-electron chi connectivity index (χ0n) is 21.5. The summed E-state index contributed by atoms with van der Waals surface area (Å²) in [5.74, 6) is 1.28. The van der Waals surface area contributed by atoms with Gasteiger partial charge in [-0.1, -0.05) is 30.0 Å². The van der Waals surface area contributed by atoms with Gasteiger partial charge in [-0.15, -0.1) is 10.2 Å². The molecular formula is C28H30N6O3S. The van der Waals surface area contributed by atoms with Crippen LogP contribution < -0.4 is 15.1 Å². The van der Waals surface area contributed by atoms with Crippen LogP contribution in [0.3, 0.4) is 0 Å². The molecule has 1 amide bonds. The zero-order valence-corrected chi connectivity index (χ0v) is 22.4. The quantitative estimate of drug-likeness (QED) is 0.164. The lowest BCUT2D eigenvalue weighted by Gasteiger charge is -2.21. The monoisotopic (exact) mass is 530 g/mol. The predicted molar refractivity (Wildman–Crippen MR) is 151 cm³/mol. The Morgan fingerprint density at radius 2 is 1.82 bits per heavy atom. The number of benzene rings is 3. The van der Waals surface area contributed by atoms with Gasteiger partial charge >= 0.3 is 0 Å². The molecule has 1 heterocycles. The first-order valence-corrected chi connectivity index (χ1v) is 13.2. The van der Waals surface area contributed by atoms with E-state index in [9.17, 15) is 9.90 Å². The van der Waals surface area contributed by atoms with E-state index in [-0.39, 0.29) is 17.4 Å². The van der Waals surface area contributed by atoms with E-state index in [2.05, 4.69) is 39.5 Å². The number of anilines is 1. The fraction of sp³-hybridized carbons (Fsp3) is 0.214. The van der Waals surface area contributed by atoms with Crippen LogP contribution in [0.4, 0.5) is 5.69 Å². The van der Waals surface area contributed by atoms with E-state index in [4.69, 9.17) is 4.74 Å². The fourth-order valence-corrected chi connectivity index (χ4v) is 4.61. The fourth-order valence-electron chi connectivity index (χ4n) is 3.86. The van der Waals surface area contributed by atoms with Crippen molar-refractivity contribution in [2.24, 2.45) is 5.10 Å². The van der Waals surface area contributed by atoms with Gasteiger partial charge in [-0.25, -0.2) is 5.43 Å². The van der Waals surface area contributed by atoms with Gasteiger partial charge in [0.15, 0.2) is 11.0 Å². The summed E-state index contributed by atoms with van der Waals surface area (Å²) in [6.45, 7) is 5.81. The van der Waals surface area contributed by atoms with Crippen LogP contribution in [-0.4, -0.2) is 57.9 Å². The maximum absolute atomic E-state index is 12.5. The van der Waals surface area contributed by atoms with Crippen LogP contribution in [0.25, 0.3) is 17.1 Å². The summed E-state index contributed by atoms with van der Waals surface area (Å²) < 4.78 is 7.18. The van der Waals surface area contributed by atoms with Crippen molar-refractivity contribution in [3.63, 3.8) is 0 Å². The second kappa shape index (κ2) is 12.8. The van der Waals surface area contributed by atoms with Gasteiger partial charge in [0, 0.05) is 41.7 Å². The number of carbonyl (C=O) groups is 1. The maximum Gasteiger partial charge on any atom is 0.250 e. The van der Waals surface area contributed by atoms with Crippen molar-refractivity contribution in [3.8, 4) is 28.6 Å². The van der Waals surface area contributed by atoms with E-state index in [1.54, 1.807) is 19.2 Å². The molecule has 9 nitrogen and oxygen atoms in total. The molecule has 1 aromatic heterocycles. The van der Waals surface area contributed by atoms with Crippen molar-refractivity contribution >= 4 is 29.6 Å². The van der Waals surface area contributed by atoms with Crippen LogP contribution in [0.1, 0.15) is 19.4 Å². The molecule has 0 saturated heterocycles. The minimum absolute atomic E-state index is 0.0812. The molecule has 196 valence electrons. The Balaban J connectivity index is 1.44. The number of thioether (sulfide) groups is 1. The molecule has 0 unspecified atom stereocenters. The highest BCUT2D eigenvalue weighted by Crippen LogP contribution is 2.29. The van der Waals surface area contributed by atoms with Gasteiger partial charge in [-0.2, -0.15) is 5.10 Å². The largest absolute Gasteiger partial charge is 0.507 e. The lowest BCUT2D eigenvalue weighted by atomic mass is 10.2. The molecule has 0 aliphatic rings. The number of phenolic OH excluding ortho intramolecular Hbond substituents is 1. The van der Waals surface area contributed by atoms with Gasteiger partial charge in [-0.3, -0.25) is 9.36 Å². The molecule has 10 heteroatoms. The van der Waals surface area contributed by atoms with E-state index in [1.807, 2.05) is 65.2 Å². The number of hydrazone groups is 1. The van der Waals surface area contributed by atoms with E-state index in [0.29, 0.717) is 16.5 Å². The topological polar surface area (TPSA) is 105 Å². The van der Waals surface area contributed by atoms with Gasteiger partial charge in [0.1, 0.15) is 11.5 Å². The molecule has 3 aromatic carbocycles. The third kappa shape index (κ3) is 6.33. The molecule has 0 aliphatic carbocycles. The predicted octanol–water partition coefficient (Wildman–Crippen LogP) is 4.74. The smallest absolute Gasteiger partial charge is 0.250 e. The van der Waals surface area contributed by atoms with Crippen LogP contribution >= 0.6 is 11.8 Å². The summed E-state index contributed by atoms with van der Waals surface area (Å²) in [5, 5.41) is 23.7. The number of aromatic hydroxyl groups is 1. The van der Waals surface area contributed by atoms with E-state index >= 15 is 0 Å². The number of ether oxygens (including phenoxy) is 1. The first-order valence-electron chi connectivity index (χ1n) is 12.2. The van der Waals surface area contributed by atoms with Crippen LogP contribution in [-0.2, 0) is 4.79 Å². The molecule has 0 saturated carbocycles. The maximum atomic E-state index is 12.5. The number of hydrogen-bond acceptors (Lipinski definition) is 8. The van der Waals surface area contributed by atoms with Crippen molar-refractivity contribution in [3.05, 3.63) is 78.4 Å². The standard InChI is InChI=1S/C28H30N6O3S/c1-4-33(5-2)23-14-11-21(25(35)17-23)18-29-30-26(36)19-38-28-32-31-27(20-12-15-24(37-3)16-13-20)34(28)22-9-7-6-8-10-22/h6-18,35H,4-5,19H2,1-3H3,(H,30,36)/b29-18+. The van der Waals surface area contributed by atoms with E-state index in [0.717, 1.165) is 35.8 Å². The van der Waals surface area contributed by atoms with Crippen LogP contribution in [0.15, 0.2) is 83.1 Å². The van der Waals surface area contributed by atoms with Crippen molar-refractivity contribution in [2.75, 3.05) is 30.9 Å². The normalized spacial score (nSPS) is 11.0. The third-order valence-corrected chi connectivity index (χ3v) is 6.79. The van der Waals surface area contributed by atoms with E-state index < -0.39 is 0 Å². The van der Waals surface area contributed by atoms with Gasteiger partial charge in [0.25, 0.3) is 5.91 Å². The highest BCUT2D eigenvalue weighted by atomic mass is 32.2. The molecule has 0 aliphatic heterocycles. The SMILES string of the molecule is CCN(CC)c1ccc(/C=N/NC(=O)CSc2nnc(-c3ccc(OC)cc3)n2-c2ccccc2)c(O)c1. The molecule has 0 bridgehead atoms. The Morgan fingerprint density at radius 3 is 2.47 bits per heavy atom. The van der Waals surface area contributed by atoms with Gasteiger partial charge in [0.2, 0.25) is 0 Å². The Kier molecular flexibility index (Phi) is 8.99. The first-order chi connectivity index (χ1) is 18.5. The number of aromatic nitrogens is 3. The number of methoxy groups -OCH3 is 1. The summed E-state index contributed by atoms with van der Waals surface area (Å²) in [4.78, 5) is 14.7. The average molecular weight is 531 g/mol. The molecule has 0 atom stereocenters. The van der Waals surface area contributed by atoms with Crippen molar-refractivity contribution in [1.29, 1.82) is 0 Å². The van der Waals surface area contributed by atoms with Crippen LogP contribution in [0.2, 0.25) is 0 Å². The molecule has 0 radical (unpaired) electrons. The Morgan fingerprint density at radius 1 is 1.08 bits per heavy atom. The van der Waals surface area contributed by atoms with Gasteiger partial charge in [-0.05, 0) is 62.4 Å². The molecule has 38 heavy (non-hydrogen) atoms. The summed E-state index contributed by atoms with van der Waals surface area (Å²) in [6.07, 6.45) is 1.43. The van der Waals surface area contributed by atoms with Crippen molar-refractivity contribution in [1.82, 2.24) is 20.2 Å². The van der Waals surface area contributed by atoms with Gasteiger partial charge in [0.05, 0.1) is 19.1 Å². The molecular weight excluding hydrogens is 500 g/mol. The molecule has 2 N–H and O–H groups in total. The van der Waals surface area contributed by atoms with E-state index in [1.165, 1.54) is 18.0 Å². The number of rotatable bonds is 11. The first kappa shape index (κ1) is 26.7. The number of para-hydroxylation sites is 1. The molecule has 0 fully saturated rings. The summed E-state index contributed by atoms with van der Waals surface area (Å²) in [6, 6.07) is 22.7. The van der Waals surface area contributed by atoms with Crippen LogP contribution in [0, 0.1) is 0 Å². The Labute approximate surface area is 226 Å². The Bertz CT molecular complexity index is 1390. The van der Waals surface area contributed by atoms with Crippen molar-refractivity contribution in [2.45, 2.75) is 19.0 Å². The lowest BCUT2D eigenvalue weighted by Crippen LogP contribution is -2.21. The van der Waals surface area contributed by atoms with Crippen LogP contribution in [0.5, 0.6) is 11.5 Å². The number of nitrogens with zero attached hydrogens (tertiary/aromatic N) is 5. The minimum atomic E-state index is -0.306. The number of nitrogens with one attached hydrogen (secondary N) is 1. The summed E-state index contributed by atoms with van der Waals surface area (Å²) in [7, 11) is 1.62. The average Bonchev–Trinajstić information content (AvgIpc) is 3.38. The highest BCUT2D eigenvalue weighted by Gasteiger charge is 2.17. The third-order valence-electron chi connectivity index (χ3n) is 5.86. The zero-order chi connectivity index (χ0) is 26.9. The Hall–Kier alpha value is -4.31. The minimum Gasteiger partial charge on any atom is -0.507 e. The lowest BCUT2D eigenvalue weighted by molar-refractivity contribution is -0.118. The molecule has 0 spiro atoms. The summed E-state index contributed by atoms with van der Waals surface area (Å²) >= 11 is 1.26. The highest BCUT2D eigenvalue weighted by molar-refractivity contribution is 7.99. The number of carbonyl (C=O) groups excluding carboxylic acids is 1. The second-order valence-electron chi connectivity index (χ2n) is 8.20. The summed E-state index contributed by atoms with van der Waals surface area (Å²) in [5.41, 5.74) is 5.72. The van der Waals surface area contributed by atoms with Crippen molar-refractivity contribution < 1.29 is 14.6 Å². The second-order valence-corrected chi connectivity index (χ2v) is 9.15. The molecule has 4 rings (SSSR count). The molecule has 4 aromatic rings. The number of hydrogen-bond donors (Lipinski definition) is 2. The number of phenols is 1.